The molecule has 0 saturated heterocycles. The topological polar surface area (TPSA) is 113 Å². The third-order valence-corrected chi connectivity index (χ3v) is 4.08. The van der Waals surface area contributed by atoms with Crippen molar-refractivity contribution in [3.05, 3.63) is 76.6 Å². The molecule has 1 heterocycles. The van der Waals surface area contributed by atoms with Crippen LogP contribution in [0.15, 0.2) is 60.9 Å². The highest BCUT2D eigenvalue weighted by molar-refractivity contribution is 5.89. The Morgan fingerprint density at radius 1 is 1.07 bits per heavy atom. The van der Waals surface area contributed by atoms with Crippen molar-refractivity contribution in [2.24, 2.45) is 0 Å². The molecule has 0 atom stereocenters. The summed E-state index contributed by atoms with van der Waals surface area (Å²) in [5, 5.41) is 17.4. The van der Waals surface area contributed by atoms with Gasteiger partial charge >= 0.3 is 5.69 Å². The Labute approximate surface area is 167 Å². The summed E-state index contributed by atoms with van der Waals surface area (Å²) in [5.41, 5.74) is 2.02. The molecule has 0 aliphatic rings. The van der Waals surface area contributed by atoms with Crippen molar-refractivity contribution in [1.82, 2.24) is 9.97 Å². The number of amides is 1. The van der Waals surface area contributed by atoms with E-state index in [-0.39, 0.29) is 23.2 Å². The van der Waals surface area contributed by atoms with Gasteiger partial charge in [-0.05, 0) is 29.8 Å². The predicted molar refractivity (Wildman–Crippen MR) is 111 cm³/mol. The van der Waals surface area contributed by atoms with E-state index >= 15 is 0 Å². The Bertz CT molecular complexity index is 1010. The Balaban J connectivity index is 1.86. The van der Waals surface area contributed by atoms with Gasteiger partial charge in [-0.3, -0.25) is 14.9 Å². The van der Waals surface area contributed by atoms with Crippen LogP contribution in [0, 0.1) is 10.1 Å². The minimum absolute atomic E-state index is 0.0900. The Hall–Kier alpha value is -4.01. The molecule has 0 unspecified atom stereocenters. The van der Waals surface area contributed by atoms with Gasteiger partial charge in [-0.25, -0.2) is 9.97 Å². The number of nitrogens with one attached hydrogen (secondary N) is 2. The lowest BCUT2D eigenvalue weighted by Crippen LogP contribution is -2.20. The van der Waals surface area contributed by atoms with Crippen molar-refractivity contribution in [3.8, 4) is 0 Å². The molecule has 148 valence electrons. The number of carbonyl (C=O) groups excluding carboxylic acids is 1. The van der Waals surface area contributed by atoms with Crippen LogP contribution in [0.1, 0.15) is 12.5 Å². The van der Waals surface area contributed by atoms with Crippen LogP contribution in [0.2, 0.25) is 0 Å². The molecule has 9 heteroatoms. The normalized spacial score (nSPS) is 10.3. The van der Waals surface area contributed by atoms with E-state index in [9.17, 15) is 14.9 Å². The molecular weight excluding hydrogens is 372 g/mol. The molecule has 0 bridgehead atoms. The van der Waals surface area contributed by atoms with E-state index in [1.165, 1.54) is 13.3 Å². The van der Waals surface area contributed by atoms with Crippen molar-refractivity contribution in [3.63, 3.8) is 0 Å². The van der Waals surface area contributed by atoms with Gasteiger partial charge in [0.25, 0.3) is 0 Å². The number of aromatic nitrogens is 2. The molecular formula is C20H20N6O3. The summed E-state index contributed by atoms with van der Waals surface area (Å²) in [7, 11) is 1.74. The maximum absolute atomic E-state index is 11.8. The highest BCUT2D eigenvalue weighted by Gasteiger charge is 2.25. The van der Waals surface area contributed by atoms with Gasteiger partial charge in [0, 0.05) is 31.9 Å². The minimum Gasteiger partial charge on any atom is -0.349 e. The number of hydrogen-bond donors (Lipinski definition) is 2. The smallest absolute Gasteiger partial charge is 0.349 e. The third kappa shape index (κ3) is 5.04. The minimum atomic E-state index is -0.495. The number of carbonyl (C=O) groups is 1. The van der Waals surface area contributed by atoms with Gasteiger partial charge in [-0.15, -0.1) is 0 Å². The van der Waals surface area contributed by atoms with Gasteiger partial charge in [0.2, 0.25) is 17.5 Å². The highest BCUT2D eigenvalue weighted by atomic mass is 16.6. The lowest BCUT2D eigenvalue weighted by molar-refractivity contribution is -0.383. The Morgan fingerprint density at radius 3 is 2.34 bits per heavy atom. The predicted octanol–water partition coefficient (Wildman–Crippen LogP) is 3.72. The lowest BCUT2D eigenvalue weighted by atomic mass is 10.2. The molecule has 3 aromatic rings. The van der Waals surface area contributed by atoms with E-state index in [1.54, 1.807) is 36.2 Å². The lowest BCUT2D eigenvalue weighted by Gasteiger charge is -2.19. The van der Waals surface area contributed by atoms with E-state index in [2.05, 4.69) is 20.6 Å². The molecule has 0 aliphatic carbocycles. The van der Waals surface area contributed by atoms with Crippen molar-refractivity contribution >= 4 is 34.6 Å². The second-order valence-corrected chi connectivity index (χ2v) is 6.38. The summed E-state index contributed by atoms with van der Waals surface area (Å²) in [4.78, 5) is 32.3. The number of nitrogens with zero attached hydrogens (tertiary/aromatic N) is 4. The maximum Gasteiger partial charge on any atom is 0.353 e. The molecule has 0 fully saturated rings. The number of hydrogen-bond acceptors (Lipinski definition) is 7. The zero-order valence-corrected chi connectivity index (χ0v) is 16.0. The summed E-state index contributed by atoms with van der Waals surface area (Å²) in [5.74, 6) is 0.127. The van der Waals surface area contributed by atoms with Crippen LogP contribution in [0.4, 0.5) is 28.7 Å². The molecule has 0 radical (unpaired) electrons. The van der Waals surface area contributed by atoms with Gasteiger partial charge in [-0.2, -0.15) is 0 Å². The number of nitro groups is 1. The summed E-state index contributed by atoms with van der Waals surface area (Å²) in [6, 6.07) is 16.4. The van der Waals surface area contributed by atoms with Gasteiger partial charge in [0.15, 0.2) is 0 Å². The molecule has 0 spiro atoms. The number of rotatable bonds is 7. The Kier molecular flexibility index (Phi) is 5.98. The Morgan fingerprint density at radius 2 is 1.72 bits per heavy atom. The second-order valence-electron chi connectivity index (χ2n) is 6.38. The van der Waals surface area contributed by atoms with Crippen molar-refractivity contribution < 1.29 is 9.72 Å². The molecule has 2 aromatic carbocycles. The average molecular weight is 392 g/mol. The van der Waals surface area contributed by atoms with Crippen LogP contribution in [0.25, 0.3) is 0 Å². The SMILES string of the molecule is CC(=O)Nc1ccc(Nc2ncnc(N(C)Cc3ccccc3)c2[N+](=O)[O-])cc1. The van der Waals surface area contributed by atoms with E-state index in [1.807, 2.05) is 30.3 Å². The molecule has 9 nitrogen and oxygen atoms in total. The standard InChI is InChI=1S/C20H20N6O3/c1-14(27)23-16-8-10-17(11-9-16)24-19-18(26(28)29)20(22-13-21-19)25(2)12-15-6-4-3-5-7-15/h3-11,13H,12H2,1-2H3,(H,23,27)(H,21,22,24). The van der Waals surface area contributed by atoms with Crippen LogP contribution >= 0.6 is 0 Å². The monoisotopic (exact) mass is 392 g/mol. The molecule has 3 rings (SSSR count). The zero-order valence-electron chi connectivity index (χ0n) is 16.0. The first kappa shape index (κ1) is 19.7. The molecule has 2 N–H and O–H groups in total. The van der Waals surface area contributed by atoms with Crippen LogP contribution in [-0.2, 0) is 11.3 Å². The summed E-state index contributed by atoms with van der Waals surface area (Å²) < 4.78 is 0. The fourth-order valence-electron chi connectivity index (χ4n) is 2.82. The fourth-order valence-corrected chi connectivity index (χ4v) is 2.82. The second kappa shape index (κ2) is 8.79. The third-order valence-electron chi connectivity index (χ3n) is 4.08. The highest BCUT2D eigenvalue weighted by Crippen LogP contribution is 2.33. The molecule has 29 heavy (non-hydrogen) atoms. The average Bonchev–Trinajstić information content (AvgIpc) is 2.69. The largest absolute Gasteiger partial charge is 0.353 e. The first-order chi connectivity index (χ1) is 13.9. The number of anilines is 4. The summed E-state index contributed by atoms with van der Waals surface area (Å²) in [6.45, 7) is 1.88. The van der Waals surface area contributed by atoms with Gasteiger partial charge < -0.3 is 15.5 Å². The zero-order chi connectivity index (χ0) is 20.8. The molecule has 1 amide bonds. The summed E-state index contributed by atoms with van der Waals surface area (Å²) >= 11 is 0. The van der Waals surface area contributed by atoms with Gasteiger partial charge in [0.05, 0.1) is 4.92 Å². The van der Waals surface area contributed by atoms with Crippen molar-refractivity contribution in [2.75, 3.05) is 22.6 Å². The van der Waals surface area contributed by atoms with Gasteiger partial charge in [-0.1, -0.05) is 30.3 Å². The first-order valence-electron chi connectivity index (χ1n) is 8.83. The maximum atomic E-state index is 11.8. The first-order valence-corrected chi connectivity index (χ1v) is 8.83. The van der Waals surface area contributed by atoms with Crippen molar-refractivity contribution in [1.29, 1.82) is 0 Å². The van der Waals surface area contributed by atoms with Crippen molar-refractivity contribution in [2.45, 2.75) is 13.5 Å². The summed E-state index contributed by atoms with van der Waals surface area (Å²) in [6.07, 6.45) is 1.29. The van der Waals surface area contributed by atoms with Crippen LogP contribution < -0.4 is 15.5 Å². The van der Waals surface area contributed by atoms with Crippen LogP contribution in [0.3, 0.4) is 0 Å². The molecule has 0 aliphatic heterocycles. The molecule has 0 saturated carbocycles. The molecule has 1 aromatic heterocycles. The number of benzene rings is 2. The quantitative estimate of drug-likeness (QED) is 0.465. The van der Waals surface area contributed by atoms with E-state index in [4.69, 9.17) is 0 Å². The van der Waals surface area contributed by atoms with E-state index in [0.29, 0.717) is 17.9 Å². The van der Waals surface area contributed by atoms with Gasteiger partial charge in [0.1, 0.15) is 6.33 Å². The van der Waals surface area contributed by atoms with Crippen LogP contribution in [0.5, 0.6) is 0 Å². The van der Waals surface area contributed by atoms with Crippen LogP contribution in [-0.4, -0.2) is 27.8 Å². The van der Waals surface area contributed by atoms with E-state index < -0.39 is 4.92 Å². The fraction of sp³-hybridized carbons (Fsp3) is 0.150. The van der Waals surface area contributed by atoms with E-state index in [0.717, 1.165) is 5.56 Å².